The molecule has 0 spiro atoms. The van der Waals surface area contributed by atoms with Crippen molar-refractivity contribution >= 4 is 11.0 Å². The molecule has 0 atom stereocenters. The summed E-state index contributed by atoms with van der Waals surface area (Å²) >= 11 is 0. The molecule has 1 heterocycles. The summed E-state index contributed by atoms with van der Waals surface area (Å²) in [6, 6.07) is 7.84. The number of hydrogen-bond donors (Lipinski definition) is 0. The zero-order chi connectivity index (χ0) is 9.80. The van der Waals surface area contributed by atoms with Crippen LogP contribution in [0.4, 0.5) is 0 Å². The maximum atomic E-state index is 5.23. The van der Waals surface area contributed by atoms with E-state index in [1.54, 1.807) is 4.80 Å². The second-order valence-corrected chi connectivity index (χ2v) is 2.98. The van der Waals surface area contributed by atoms with Crippen molar-refractivity contribution in [1.82, 2.24) is 15.0 Å². The monoisotopic (exact) mass is 191 g/mol. The Labute approximate surface area is 82.5 Å². The minimum absolute atomic E-state index is 0.664. The van der Waals surface area contributed by atoms with Gasteiger partial charge in [-0.05, 0) is 19.1 Å². The molecule has 0 saturated heterocycles. The zero-order valence-corrected chi connectivity index (χ0v) is 8.18. The third-order valence-electron chi connectivity index (χ3n) is 1.97. The first-order valence-corrected chi connectivity index (χ1v) is 4.78. The fourth-order valence-electron chi connectivity index (χ4n) is 1.29. The Balaban J connectivity index is 2.11. The van der Waals surface area contributed by atoms with E-state index in [2.05, 4.69) is 10.2 Å². The smallest absolute Gasteiger partial charge is 0.113 e. The SMILES string of the molecule is CCOCCn1nc2ccccc2n1. The first kappa shape index (κ1) is 9.15. The molecule has 2 aromatic rings. The van der Waals surface area contributed by atoms with E-state index in [9.17, 15) is 0 Å². The molecular weight excluding hydrogens is 178 g/mol. The molecule has 2 rings (SSSR count). The van der Waals surface area contributed by atoms with E-state index in [0.717, 1.165) is 17.6 Å². The van der Waals surface area contributed by atoms with Crippen LogP contribution in [-0.4, -0.2) is 28.2 Å². The summed E-state index contributed by atoms with van der Waals surface area (Å²) < 4.78 is 5.23. The molecule has 0 bridgehead atoms. The third-order valence-corrected chi connectivity index (χ3v) is 1.97. The van der Waals surface area contributed by atoms with E-state index in [1.807, 2.05) is 31.2 Å². The highest BCUT2D eigenvalue weighted by atomic mass is 16.5. The standard InChI is InChI=1S/C10H13N3O/c1-2-14-8-7-13-11-9-5-3-4-6-10(9)12-13/h3-6H,2,7-8H2,1H3. The molecule has 0 amide bonds. The summed E-state index contributed by atoms with van der Waals surface area (Å²) in [5.74, 6) is 0. The summed E-state index contributed by atoms with van der Waals surface area (Å²) in [7, 11) is 0. The van der Waals surface area contributed by atoms with Crippen molar-refractivity contribution in [3.8, 4) is 0 Å². The van der Waals surface area contributed by atoms with Crippen LogP contribution in [0.1, 0.15) is 6.92 Å². The highest BCUT2D eigenvalue weighted by Gasteiger charge is 1.99. The Morgan fingerprint density at radius 3 is 2.43 bits per heavy atom. The summed E-state index contributed by atoms with van der Waals surface area (Å²) in [5, 5.41) is 8.62. The van der Waals surface area contributed by atoms with Gasteiger partial charge < -0.3 is 4.74 Å². The first-order valence-electron chi connectivity index (χ1n) is 4.78. The van der Waals surface area contributed by atoms with E-state index in [4.69, 9.17) is 4.74 Å². The molecule has 0 aliphatic heterocycles. The van der Waals surface area contributed by atoms with Crippen LogP contribution in [0, 0.1) is 0 Å². The minimum atomic E-state index is 0.664. The lowest BCUT2D eigenvalue weighted by Crippen LogP contribution is -2.08. The van der Waals surface area contributed by atoms with Gasteiger partial charge in [-0.25, -0.2) is 0 Å². The Morgan fingerprint density at radius 1 is 1.21 bits per heavy atom. The maximum Gasteiger partial charge on any atom is 0.113 e. The number of aromatic nitrogens is 3. The number of hydrogen-bond acceptors (Lipinski definition) is 3. The van der Waals surface area contributed by atoms with Crippen molar-refractivity contribution in [1.29, 1.82) is 0 Å². The molecule has 74 valence electrons. The van der Waals surface area contributed by atoms with Crippen LogP contribution in [0.25, 0.3) is 11.0 Å². The molecule has 4 heteroatoms. The van der Waals surface area contributed by atoms with Crippen LogP contribution in [0.2, 0.25) is 0 Å². The zero-order valence-electron chi connectivity index (χ0n) is 8.18. The Hall–Kier alpha value is -1.42. The molecule has 0 aliphatic carbocycles. The number of nitrogens with zero attached hydrogens (tertiary/aromatic N) is 3. The quantitative estimate of drug-likeness (QED) is 0.687. The van der Waals surface area contributed by atoms with E-state index in [0.29, 0.717) is 13.2 Å². The molecule has 4 nitrogen and oxygen atoms in total. The summed E-state index contributed by atoms with van der Waals surface area (Å²) in [4.78, 5) is 1.68. The molecule has 14 heavy (non-hydrogen) atoms. The molecule has 0 aliphatic rings. The maximum absolute atomic E-state index is 5.23. The summed E-state index contributed by atoms with van der Waals surface area (Å²) in [5.41, 5.74) is 1.87. The highest BCUT2D eigenvalue weighted by Crippen LogP contribution is 2.06. The molecule has 0 radical (unpaired) electrons. The van der Waals surface area contributed by atoms with Crippen LogP contribution in [0.15, 0.2) is 24.3 Å². The Morgan fingerprint density at radius 2 is 1.86 bits per heavy atom. The molecule has 0 unspecified atom stereocenters. The van der Waals surface area contributed by atoms with Gasteiger partial charge in [-0.3, -0.25) is 0 Å². The average Bonchev–Trinajstić information content (AvgIpc) is 2.60. The van der Waals surface area contributed by atoms with Gasteiger partial charge in [0.05, 0.1) is 13.2 Å². The highest BCUT2D eigenvalue weighted by molar-refractivity contribution is 5.72. The topological polar surface area (TPSA) is 39.9 Å². The van der Waals surface area contributed by atoms with Crippen LogP contribution in [-0.2, 0) is 11.3 Å². The van der Waals surface area contributed by atoms with Gasteiger partial charge in [-0.15, -0.1) is 0 Å². The average molecular weight is 191 g/mol. The van der Waals surface area contributed by atoms with Crippen LogP contribution in [0.5, 0.6) is 0 Å². The molecule has 1 aromatic heterocycles. The predicted molar refractivity (Wildman–Crippen MR) is 54.0 cm³/mol. The Bertz CT molecular complexity index is 377. The number of rotatable bonds is 4. The van der Waals surface area contributed by atoms with Crippen LogP contribution >= 0.6 is 0 Å². The van der Waals surface area contributed by atoms with Crippen molar-refractivity contribution in [2.24, 2.45) is 0 Å². The second kappa shape index (κ2) is 4.19. The fourth-order valence-corrected chi connectivity index (χ4v) is 1.29. The van der Waals surface area contributed by atoms with Gasteiger partial charge in [0, 0.05) is 6.61 Å². The lowest BCUT2D eigenvalue weighted by molar-refractivity contribution is 0.133. The van der Waals surface area contributed by atoms with Gasteiger partial charge in [0.15, 0.2) is 0 Å². The minimum Gasteiger partial charge on any atom is -0.380 e. The lowest BCUT2D eigenvalue weighted by atomic mass is 10.3. The van der Waals surface area contributed by atoms with Crippen LogP contribution < -0.4 is 0 Å². The van der Waals surface area contributed by atoms with E-state index < -0.39 is 0 Å². The van der Waals surface area contributed by atoms with Crippen molar-refractivity contribution in [3.05, 3.63) is 24.3 Å². The van der Waals surface area contributed by atoms with Crippen molar-refractivity contribution in [2.45, 2.75) is 13.5 Å². The van der Waals surface area contributed by atoms with Gasteiger partial charge in [0.25, 0.3) is 0 Å². The number of ether oxygens (including phenoxy) is 1. The normalized spacial score (nSPS) is 10.9. The predicted octanol–water partition coefficient (Wildman–Crippen LogP) is 1.47. The van der Waals surface area contributed by atoms with E-state index in [1.165, 1.54) is 0 Å². The van der Waals surface area contributed by atoms with Gasteiger partial charge in [0.1, 0.15) is 11.0 Å². The van der Waals surface area contributed by atoms with E-state index >= 15 is 0 Å². The summed E-state index contributed by atoms with van der Waals surface area (Å²) in [6.45, 7) is 4.09. The molecule has 0 saturated carbocycles. The van der Waals surface area contributed by atoms with E-state index in [-0.39, 0.29) is 0 Å². The number of benzene rings is 1. The fraction of sp³-hybridized carbons (Fsp3) is 0.400. The lowest BCUT2D eigenvalue weighted by Gasteiger charge is -1.98. The van der Waals surface area contributed by atoms with Gasteiger partial charge in [-0.1, -0.05) is 12.1 Å². The van der Waals surface area contributed by atoms with Crippen molar-refractivity contribution in [2.75, 3.05) is 13.2 Å². The van der Waals surface area contributed by atoms with Crippen LogP contribution in [0.3, 0.4) is 0 Å². The van der Waals surface area contributed by atoms with Crippen molar-refractivity contribution < 1.29 is 4.74 Å². The van der Waals surface area contributed by atoms with Gasteiger partial charge in [-0.2, -0.15) is 15.0 Å². The first-order chi connectivity index (χ1) is 6.90. The van der Waals surface area contributed by atoms with Gasteiger partial charge in [0.2, 0.25) is 0 Å². The second-order valence-electron chi connectivity index (χ2n) is 2.98. The molecular formula is C10H13N3O. The molecule has 1 aromatic carbocycles. The van der Waals surface area contributed by atoms with Gasteiger partial charge >= 0.3 is 0 Å². The summed E-state index contributed by atoms with van der Waals surface area (Å²) in [6.07, 6.45) is 0. The molecule has 0 fully saturated rings. The number of fused-ring (bicyclic) bond motifs is 1. The largest absolute Gasteiger partial charge is 0.380 e. The molecule has 0 N–H and O–H groups in total. The van der Waals surface area contributed by atoms with Crippen molar-refractivity contribution in [3.63, 3.8) is 0 Å². The Kier molecular flexibility index (Phi) is 2.74. The third kappa shape index (κ3) is 1.90.